The van der Waals surface area contributed by atoms with Crippen molar-refractivity contribution >= 4 is 23.2 Å². The van der Waals surface area contributed by atoms with Crippen LogP contribution in [0.5, 0.6) is 0 Å². The van der Waals surface area contributed by atoms with Crippen LogP contribution < -0.4 is 10.2 Å². The van der Waals surface area contributed by atoms with Gasteiger partial charge in [-0.3, -0.25) is 4.79 Å². The number of piperidine rings is 1. The van der Waals surface area contributed by atoms with Crippen LogP contribution in [0.25, 0.3) is 0 Å². The number of nitrogens with one attached hydrogen (secondary N) is 1. The molecule has 2 rings (SSSR count). The second-order valence-corrected chi connectivity index (χ2v) is 5.67. The minimum atomic E-state index is -0.0408. The summed E-state index contributed by atoms with van der Waals surface area (Å²) in [6, 6.07) is 5.73. The van der Waals surface area contributed by atoms with Gasteiger partial charge in [-0.25, -0.2) is 0 Å². The SMILES string of the molecule is CC(=O)NCC1CCN(c2cccc(Cl)c2CO)CC1. The lowest BCUT2D eigenvalue weighted by Gasteiger charge is -2.34. The molecule has 5 heteroatoms. The van der Waals surface area contributed by atoms with E-state index in [0.29, 0.717) is 10.9 Å². The van der Waals surface area contributed by atoms with Crippen LogP contribution in [0, 0.1) is 5.92 Å². The summed E-state index contributed by atoms with van der Waals surface area (Å²) in [6.07, 6.45) is 2.08. The van der Waals surface area contributed by atoms with Gasteiger partial charge in [-0.05, 0) is 30.9 Å². The number of anilines is 1. The molecule has 1 aromatic rings. The summed E-state index contributed by atoms with van der Waals surface area (Å²) >= 11 is 6.13. The van der Waals surface area contributed by atoms with Crippen LogP contribution in [0.3, 0.4) is 0 Å². The average Bonchev–Trinajstić information content (AvgIpc) is 2.45. The van der Waals surface area contributed by atoms with Crippen LogP contribution in [-0.2, 0) is 11.4 Å². The molecule has 1 amide bonds. The molecule has 1 fully saturated rings. The van der Waals surface area contributed by atoms with E-state index in [1.165, 1.54) is 0 Å². The van der Waals surface area contributed by atoms with E-state index in [0.717, 1.165) is 43.7 Å². The molecule has 0 spiro atoms. The van der Waals surface area contributed by atoms with Crippen molar-refractivity contribution in [2.45, 2.75) is 26.4 Å². The fourth-order valence-electron chi connectivity index (χ4n) is 2.67. The van der Waals surface area contributed by atoms with E-state index < -0.39 is 0 Å². The number of nitrogens with zero attached hydrogens (tertiary/aromatic N) is 1. The zero-order valence-electron chi connectivity index (χ0n) is 11.7. The van der Waals surface area contributed by atoms with Crippen LogP contribution in [0.2, 0.25) is 5.02 Å². The molecule has 0 aromatic heterocycles. The van der Waals surface area contributed by atoms with Crippen molar-refractivity contribution in [1.29, 1.82) is 0 Å². The molecule has 2 N–H and O–H groups in total. The number of carbonyl (C=O) groups excluding carboxylic acids is 1. The van der Waals surface area contributed by atoms with Gasteiger partial charge < -0.3 is 15.3 Å². The zero-order valence-corrected chi connectivity index (χ0v) is 12.5. The molecule has 1 aliphatic heterocycles. The van der Waals surface area contributed by atoms with Crippen molar-refractivity contribution in [3.63, 3.8) is 0 Å². The quantitative estimate of drug-likeness (QED) is 0.895. The van der Waals surface area contributed by atoms with Crippen LogP contribution in [0.4, 0.5) is 5.69 Å². The van der Waals surface area contributed by atoms with Crippen LogP contribution in [0.15, 0.2) is 18.2 Å². The molecule has 1 heterocycles. The highest BCUT2D eigenvalue weighted by atomic mass is 35.5. The first-order valence-corrected chi connectivity index (χ1v) is 7.37. The lowest BCUT2D eigenvalue weighted by Crippen LogP contribution is -2.38. The Morgan fingerprint density at radius 3 is 2.75 bits per heavy atom. The van der Waals surface area contributed by atoms with Crippen molar-refractivity contribution in [3.8, 4) is 0 Å². The predicted octanol–water partition coefficient (Wildman–Crippen LogP) is 2.18. The van der Waals surface area contributed by atoms with Crippen molar-refractivity contribution < 1.29 is 9.90 Å². The second kappa shape index (κ2) is 6.95. The maximum Gasteiger partial charge on any atom is 0.216 e. The average molecular weight is 297 g/mol. The van der Waals surface area contributed by atoms with E-state index in [2.05, 4.69) is 10.2 Å². The number of halogens is 1. The van der Waals surface area contributed by atoms with Gasteiger partial charge in [0.1, 0.15) is 0 Å². The second-order valence-electron chi connectivity index (χ2n) is 5.26. The monoisotopic (exact) mass is 296 g/mol. The molecule has 20 heavy (non-hydrogen) atoms. The highest BCUT2D eigenvalue weighted by Gasteiger charge is 2.21. The molecule has 0 radical (unpaired) electrons. The lowest BCUT2D eigenvalue weighted by molar-refractivity contribution is -0.119. The molecular formula is C15H21ClN2O2. The summed E-state index contributed by atoms with van der Waals surface area (Å²) in [6.45, 7) is 4.12. The fourth-order valence-corrected chi connectivity index (χ4v) is 2.90. The highest BCUT2D eigenvalue weighted by molar-refractivity contribution is 6.31. The summed E-state index contributed by atoms with van der Waals surface area (Å²) in [5.41, 5.74) is 1.83. The summed E-state index contributed by atoms with van der Waals surface area (Å²) in [7, 11) is 0. The summed E-state index contributed by atoms with van der Waals surface area (Å²) < 4.78 is 0. The Morgan fingerprint density at radius 2 is 2.15 bits per heavy atom. The minimum Gasteiger partial charge on any atom is -0.392 e. The first-order valence-electron chi connectivity index (χ1n) is 6.99. The Kier molecular flexibility index (Phi) is 5.26. The van der Waals surface area contributed by atoms with E-state index in [4.69, 9.17) is 11.6 Å². The maximum absolute atomic E-state index is 10.9. The number of carbonyl (C=O) groups is 1. The molecule has 4 nitrogen and oxygen atoms in total. The molecule has 0 atom stereocenters. The third-order valence-corrected chi connectivity index (χ3v) is 4.20. The fraction of sp³-hybridized carbons (Fsp3) is 0.533. The smallest absolute Gasteiger partial charge is 0.216 e. The van der Waals surface area contributed by atoms with Crippen molar-refractivity contribution in [3.05, 3.63) is 28.8 Å². The van der Waals surface area contributed by atoms with Gasteiger partial charge >= 0.3 is 0 Å². The standard InChI is InChI=1S/C15H21ClN2O2/c1-11(20)17-9-12-5-7-18(8-6-12)15-4-2-3-14(16)13(15)10-19/h2-4,12,19H,5-10H2,1H3,(H,17,20). The molecule has 1 aromatic carbocycles. The van der Waals surface area contributed by atoms with Gasteiger partial charge in [-0.1, -0.05) is 17.7 Å². The number of aliphatic hydroxyl groups is 1. The molecule has 1 saturated heterocycles. The summed E-state index contributed by atoms with van der Waals surface area (Å²) in [5.74, 6) is 0.566. The van der Waals surface area contributed by atoms with Gasteiger partial charge in [0.2, 0.25) is 5.91 Å². The van der Waals surface area contributed by atoms with Gasteiger partial charge in [0.15, 0.2) is 0 Å². The van der Waals surface area contributed by atoms with Gasteiger partial charge in [-0.15, -0.1) is 0 Å². The van der Waals surface area contributed by atoms with Gasteiger partial charge in [0.05, 0.1) is 6.61 Å². The van der Waals surface area contributed by atoms with E-state index in [1.54, 1.807) is 13.0 Å². The molecule has 1 aliphatic rings. The summed E-state index contributed by atoms with van der Waals surface area (Å²) in [4.78, 5) is 13.2. The number of benzene rings is 1. The number of rotatable bonds is 4. The maximum atomic E-state index is 10.9. The Morgan fingerprint density at radius 1 is 1.45 bits per heavy atom. The van der Waals surface area contributed by atoms with E-state index in [-0.39, 0.29) is 12.5 Å². The third-order valence-electron chi connectivity index (χ3n) is 3.85. The third kappa shape index (κ3) is 3.64. The molecule has 110 valence electrons. The summed E-state index contributed by atoms with van der Waals surface area (Å²) in [5, 5.41) is 13.0. The highest BCUT2D eigenvalue weighted by Crippen LogP contribution is 2.30. The molecule has 0 aliphatic carbocycles. The van der Waals surface area contributed by atoms with Crippen molar-refractivity contribution in [2.24, 2.45) is 5.92 Å². The Labute approximate surface area is 124 Å². The predicted molar refractivity (Wildman–Crippen MR) is 81.0 cm³/mol. The van der Waals surface area contributed by atoms with Gasteiger partial charge in [-0.2, -0.15) is 0 Å². The molecule has 0 unspecified atom stereocenters. The van der Waals surface area contributed by atoms with E-state index in [9.17, 15) is 9.90 Å². The molecule has 0 saturated carbocycles. The van der Waals surface area contributed by atoms with Crippen molar-refractivity contribution in [1.82, 2.24) is 5.32 Å². The lowest BCUT2D eigenvalue weighted by atomic mass is 9.96. The molecular weight excluding hydrogens is 276 g/mol. The first kappa shape index (κ1) is 15.1. The number of hydrogen-bond donors (Lipinski definition) is 2. The minimum absolute atomic E-state index is 0.0323. The number of amides is 1. The van der Waals surface area contributed by atoms with E-state index >= 15 is 0 Å². The van der Waals surface area contributed by atoms with Crippen molar-refractivity contribution in [2.75, 3.05) is 24.5 Å². The van der Waals surface area contributed by atoms with Gasteiger partial charge in [0.25, 0.3) is 0 Å². The Balaban J connectivity index is 1.97. The van der Waals surface area contributed by atoms with Crippen LogP contribution >= 0.6 is 11.6 Å². The van der Waals surface area contributed by atoms with Crippen LogP contribution in [-0.4, -0.2) is 30.6 Å². The normalized spacial score (nSPS) is 16.2. The number of aliphatic hydroxyl groups excluding tert-OH is 1. The largest absolute Gasteiger partial charge is 0.392 e. The van der Waals surface area contributed by atoms with Gasteiger partial charge in [0, 0.05) is 42.8 Å². The number of hydrogen-bond acceptors (Lipinski definition) is 3. The Hall–Kier alpha value is -1.26. The first-order chi connectivity index (χ1) is 9.61. The topological polar surface area (TPSA) is 52.6 Å². The molecule has 0 bridgehead atoms. The zero-order chi connectivity index (χ0) is 14.5. The Bertz CT molecular complexity index is 471. The van der Waals surface area contributed by atoms with Crippen LogP contribution in [0.1, 0.15) is 25.3 Å². The van der Waals surface area contributed by atoms with E-state index in [1.807, 2.05) is 12.1 Å².